The Morgan fingerprint density at radius 2 is 0.848 bits per heavy atom. The molecule has 0 heterocycles. The Kier molecular flexibility index (Phi) is 36.6. The molecule has 0 spiro atoms. The minimum atomic E-state index is -0.668. The summed E-state index contributed by atoms with van der Waals surface area (Å²) in [6.45, 7) is 4.49. The Morgan fingerprint density at radius 1 is 0.478 bits per heavy atom. The molecule has 0 aliphatic carbocycles. The molecule has 1 atom stereocenters. The number of aliphatic carboxylic acids is 1. The summed E-state index contributed by atoms with van der Waals surface area (Å²) in [5.41, 5.74) is 0. The molecular weight excluding hydrogens is 568 g/mol. The van der Waals surface area contributed by atoms with E-state index < -0.39 is 5.97 Å². The van der Waals surface area contributed by atoms with Gasteiger partial charge in [-0.2, -0.15) is 0 Å². The van der Waals surface area contributed by atoms with E-state index in [1.807, 2.05) is 0 Å². The fourth-order valence-electron chi connectivity index (χ4n) is 6.16. The van der Waals surface area contributed by atoms with Crippen LogP contribution in [0, 0.1) is 0 Å². The lowest BCUT2D eigenvalue weighted by atomic mass is 10.0. The molecule has 270 valence electrons. The number of unbranched alkanes of at least 4 members (excludes halogenated alkanes) is 24. The van der Waals surface area contributed by atoms with Crippen LogP contribution in [0.5, 0.6) is 0 Å². The fourth-order valence-corrected chi connectivity index (χ4v) is 6.16. The van der Waals surface area contributed by atoms with Gasteiger partial charge in [0.25, 0.3) is 0 Å². The Labute approximate surface area is 287 Å². The van der Waals surface area contributed by atoms with E-state index in [-0.39, 0.29) is 12.1 Å². The molecule has 0 amide bonds. The summed E-state index contributed by atoms with van der Waals surface area (Å²) in [5, 5.41) is 8.68. The van der Waals surface area contributed by atoms with E-state index in [1.165, 1.54) is 154 Å². The Bertz CT molecular complexity index is 698. The van der Waals surface area contributed by atoms with Crippen LogP contribution in [0.1, 0.15) is 226 Å². The molecule has 0 saturated heterocycles. The summed E-state index contributed by atoms with van der Waals surface area (Å²) in [6, 6.07) is 0. The normalized spacial score (nSPS) is 12.4. The lowest BCUT2D eigenvalue weighted by Crippen LogP contribution is -2.18. The zero-order valence-corrected chi connectivity index (χ0v) is 30.9. The van der Waals surface area contributed by atoms with Gasteiger partial charge < -0.3 is 9.84 Å². The Morgan fingerprint density at radius 3 is 1.33 bits per heavy atom. The van der Waals surface area contributed by atoms with E-state index in [1.54, 1.807) is 0 Å². The first kappa shape index (κ1) is 44.4. The molecule has 0 radical (unpaired) electrons. The number of ether oxygens (including phenoxy) is 1. The highest BCUT2D eigenvalue weighted by Gasteiger charge is 2.14. The molecule has 0 aromatic heterocycles. The predicted molar refractivity (Wildman–Crippen MR) is 200 cm³/mol. The van der Waals surface area contributed by atoms with Crippen LogP contribution in [-0.4, -0.2) is 23.1 Å². The van der Waals surface area contributed by atoms with Crippen molar-refractivity contribution in [3.05, 3.63) is 24.3 Å². The van der Waals surface area contributed by atoms with Gasteiger partial charge in [0.15, 0.2) is 0 Å². The Balaban J connectivity index is 3.72. The fraction of sp³-hybridized carbons (Fsp3) is 0.857. The highest BCUT2D eigenvalue weighted by atomic mass is 16.5. The third-order valence-corrected chi connectivity index (χ3v) is 9.18. The molecule has 4 heteroatoms. The summed E-state index contributed by atoms with van der Waals surface area (Å²) in [7, 11) is 0. The standard InChI is InChI=1S/C42H78O4/c1-3-5-7-8-9-10-11-12-13-14-15-19-22-25-28-31-35-39-42(45)46-40(36-32-6-4-2)37-33-29-26-23-20-17-16-18-21-24-27-30-34-38-41(43)44/h9-10,12-13,40H,3-8,11,14-39H2,1-2H3,(H,43,44)/b10-9-,13-12-. The average molecular weight is 647 g/mol. The predicted octanol–water partition coefficient (Wildman–Crippen LogP) is 14.0. The third kappa shape index (κ3) is 36.9. The van der Waals surface area contributed by atoms with Gasteiger partial charge in [0.05, 0.1) is 0 Å². The van der Waals surface area contributed by atoms with Gasteiger partial charge in [0.1, 0.15) is 6.10 Å². The second kappa shape index (κ2) is 37.9. The molecule has 0 rings (SSSR count). The van der Waals surface area contributed by atoms with Gasteiger partial charge in [-0.05, 0) is 70.6 Å². The van der Waals surface area contributed by atoms with Crippen molar-refractivity contribution in [1.29, 1.82) is 0 Å². The van der Waals surface area contributed by atoms with Crippen LogP contribution in [0.25, 0.3) is 0 Å². The number of carboxylic acids is 1. The van der Waals surface area contributed by atoms with Gasteiger partial charge in [-0.15, -0.1) is 0 Å². The zero-order valence-electron chi connectivity index (χ0n) is 30.9. The monoisotopic (exact) mass is 647 g/mol. The smallest absolute Gasteiger partial charge is 0.306 e. The molecule has 1 N–H and O–H groups in total. The lowest BCUT2D eigenvalue weighted by molar-refractivity contribution is -0.150. The van der Waals surface area contributed by atoms with Gasteiger partial charge in [0.2, 0.25) is 0 Å². The molecule has 0 aromatic rings. The number of carboxylic acid groups (broad SMARTS) is 1. The lowest BCUT2D eigenvalue weighted by Gasteiger charge is -2.18. The van der Waals surface area contributed by atoms with Crippen LogP contribution in [0.4, 0.5) is 0 Å². The van der Waals surface area contributed by atoms with Crippen LogP contribution in [0.2, 0.25) is 0 Å². The molecule has 0 aliphatic heterocycles. The first-order chi connectivity index (χ1) is 22.6. The highest BCUT2D eigenvalue weighted by molar-refractivity contribution is 5.69. The van der Waals surface area contributed by atoms with E-state index >= 15 is 0 Å². The number of esters is 1. The summed E-state index contributed by atoms with van der Waals surface area (Å²) in [4.78, 5) is 23.1. The molecule has 0 bridgehead atoms. The van der Waals surface area contributed by atoms with Gasteiger partial charge in [0, 0.05) is 12.8 Å². The van der Waals surface area contributed by atoms with E-state index in [0.717, 1.165) is 44.9 Å². The van der Waals surface area contributed by atoms with Gasteiger partial charge in [-0.1, -0.05) is 167 Å². The number of rotatable bonds is 37. The molecule has 1 unspecified atom stereocenters. The summed E-state index contributed by atoms with van der Waals surface area (Å²) < 4.78 is 5.97. The first-order valence-corrected chi connectivity index (χ1v) is 20.3. The van der Waals surface area contributed by atoms with Crippen molar-refractivity contribution in [3.8, 4) is 0 Å². The van der Waals surface area contributed by atoms with Crippen molar-refractivity contribution in [2.24, 2.45) is 0 Å². The molecule has 46 heavy (non-hydrogen) atoms. The van der Waals surface area contributed by atoms with E-state index in [9.17, 15) is 9.59 Å². The third-order valence-electron chi connectivity index (χ3n) is 9.18. The van der Waals surface area contributed by atoms with Gasteiger partial charge >= 0.3 is 11.9 Å². The van der Waals surface area contributed by atoms with Crippen LogP contribution in [0.15, 0.2) is 24.3 Å². The Hall–Kier alpha value is -1.58. The number of carbonyl (C=O) groups excluding carboxylic acids is 1. The van der Waals surface area contributed by atoms with E-state index in [4.69, 9.17) is 9.84 Å². The van der Waals surface area contributed by atoms with Gasteiger partial charge in [-0.25, -0.2) is 0 Å². The second-order valence-corrected chi connectivity index (χ2v) is 13.8. The maximum Gasteiger partial charge on any atom is 0.306 e. The maximum absolute atomic E-state index is 12.6. The van der Waals surface area contributed by atoms with Crippen LogP contribution >= 0.6 is 0 Å². The van der Waals surface area contributed by atoms with Crippen LogP contribution in [-0.2, 0) is 14.3 Å². The number of hydrogen-bond donors (Lipinski definition) is 1. The minimum Gasteiger partial charge on any atom is -0.481 e. The summed E-state index contributed by atoms with van der Waals surface area (Å²) >= 11 is 0. The van der Waals surface area contributed by atoms with Crippen molar-refractivity contribution in [2.45, 2.75) is 232 Å². The first-order valence-electron chi connectivity index (χ1n) is 20.3. The average Bonchev–Trinajstić information content (AvgIpc) is 3.04. The second-order valence-electron chi connectivity index (χ2n) is 13.8. The van der Waals surface area contributed by atoms with Gasteiger partial charge in [-0.3, -0.25) is 9.59 Å². The van der Waals surface area contributed by atoms with E-state index in [0.29, 0.717) is 12.8 Å². The molecular formula is C42H78O4. The van der Waals surface area contributed by atoms with Crippen LogP contribution < -0.4 is 0 Å². The van der Waals surface area contributed by atoms with Crippen LogP contribution in [0.3, 0.4) is 0 Å². The summed E-state index contributed by atoms with van der Waals surface area (Å²) in [6.07, 6.45) is 48.1. The quantitative estimate of drug-likeness (QED) is 0.0414. The van der Waals surface area contributed by atoms with Crippen molar-refractivity contribution >= 4 is 11.9 Å². The molecule has 4 nitrogen and oxygen atoms in total. The topological polar surface area (TPSA) is 63.6 Å². The van der Waals surface area contributed by atoms with E-state index in [2.05, 4.69) is 38.2 Å². The SMILES string of the molecule is CCCCC/C=C\C/C=C\CCCCCCCCCC(=O)OC(CCCCC)CCCCCCCCCCCCCCCC(=O)O. The number of allylic oxidation sites excluding steroid dienone is 4. The van der Waals surface area contributed by atoms with Crippen molar-refractivity contribution < 1.29 is 19.4 Å². The van der Waals surface area contributed by atoms with Crippen molar-refractivity contribution in [3.63, 3.8) is 0 Å². The number of carbonyl (C=O) groups is 2. The molecule has 0 fully saturated rings. The molecule has 0 aliphatic rings. The number of hydrogen-bond acceptors (Lipinski definition) is 3. The highest BCUT2D eigenvalue weighted by Crippen LogP contribution is 2.18. The molecule has 0 aromatic carbocycles. The largest absolute Gasteiger partial charge is 0.481 e. The molecule has 0 saturated carbocycles. The zero-order chi connectivity index (χ0) is 33.6. The van der Waals surface area contributed by atoms with Crippen molar-refractivity contribution in [1.82, 2.24) is 0 Å². The maximum atomic E-state index is 12.6. The van der Waals surface area contributed by atoms with Crippen molar-refractivity contribution in [2.75, 3.05) is 0 Å². The summed E-state index contributed by atoms with van der Waals surface area (Å²) in [5.74, 6) is -0.636. The minimum absolute atomic E-state index is 0.0318.